The third kappa shape index (κ3) is 2.57. The summed E-state index contributed by atoms with van der Waals surface area (Å²) in [6.07, 6.45) is 4.33. The number of hydrogen-bond donors (Lipinski definition) is 0. The van der Waals surface area contributed by atoms with Crippen LogP contribution < -0.4 is 0 Å². The fraction of sp³-hybridized carbons (Fsp3) is 0.222. The predicted octanol–water partition coefficient (Wildman–Crippen LogP) is 3.45. The van der Waals surface area contributed by atoms with Crippen LogP contribution in [0.1, 0.15) is 41.3 Å². The van der Waals surface area contributed by atoms with Gasteiger partial charge in [0.25, 0.3) is 5.95 Å². The Balaban J connectivity index is 1.74. The van der Waals surface area contributed by atoms with Crippen molar-refractivity contribution in [2.24, 2.45) is 4.99 Å². The van der Waals surface area contributed by atoms with Crippen LogP contribution in [0.25, 0.3) is 12.0 Å². The third-order valence-corrected chi connectivity index (χ3v) is 4.43. The van der Waals surface area contributed by atoms with Crippen LogP contribution in [-0.2, 0) is 0 Å². The summed E-state index contributed by atoms with van der Waals surface area (Å²) in [6, 6.07) is 9.66. The van der Waals surface area contributed by atoms with Crippen molar-refractivity contribution >= 4 is 12.8 Å². The molecule has 0 N–H and O–H groups in total. The standard InChI is InChI=1S/C18H17FN6/c1-12-14(8-9-20-2)11-21-24(12)18-22-17-15(19)10-16(25(17)23-18)13-6-4-3-5-7-13/h3-9,11,15-16H,2,10H2,1H3/b9-8-/t15-,16-/m0/s1. The van der Waals surface area contributed by atoms with Crippen LogP contribution in [0.3, 0.4) is 0 Å². The van der Waals surface area contributed by atoms with Crippen LogP contribution in [-0.4, -0.2) is 31.3 Å². The van der Waals surface area contributed by atoms with Gasteiger partial charge in [0, 0.05) is 18.2 Å². The van der Waals surface area contributed by atoms with Crippen LogP contribution >= 0.6 is 0 Å². The van der Waals surface area contributed by atoms with Gasteiger partial charge in [-0.3, -0.25) is 4.99 Å². The summed E-state index contributed by atoms with van der Waals surface area (Å²) < 4.78 is 17.8. The number of nitrogens with zero attached hydrogens (tertiary/aromatic N) is 6. The Morgan fingerprint density at radius 3 is 2.88 bits per heavy atom. The monoisotopic (exact) mass is 336 g/mol. The fourth-order valence-corrected chi connectivity index (χ4v) is 3.13. The molecule has 0 amide bonds. The number of halogens is 1. The van der Waals surface area contributed by atoms with Gasteiger partial charge in [0.05, 0.1) is 17.9 Å². The van der Waals surface area contributed by atoms with E-state index in [2.05, 4.69) is 26.9 Å². The van der Waals surface area contributed by atoms with Crippen LogP contribution in [0.15, 0.2) is 47.7 Å². The van der Waals surface area contributed by atoms with Crippen molar-refractivity contribution in [2.45, 2.75) is 25.6 Å². The van der Waals surface area contributed by atoms with E-state index in [1.54, 1.807) is 27.8 Å². The van der Waals surface area contributed by atoms with Crippen molar-refractivity contribution in [3.63, 3.8) is 0 Å². The van der Waals surface area contributed by atoms with Crippen molar-refractivity contribution in [1.82, 2.24) is 24.5 Å². The van der Waals surface area contributed by atoms with Crippen LogP contribution in [0.5, 0.6) is 0 Å². The zero-order chi connectivity index (χ0) is 17.4. The van der Waals surface area contributed by atoms with E-state index in [1.807, 2.05) is 37.3 Å². The quantitative estimate of drug-likeness (QED) is 0.686. The van der Waals surface area contributed by atoms with E-state index in [0.29, 0.717) is 18.2 Å². The molecule has 25 heavy (non-hydrogen) atoms. The molecule has 2 aromatic heterocycles. The van der Waals surface area contributed by atoms with Gasteiger partial charge in [-0.1, -0.05) is 30.3 Å². The first kappa shape index (κ1) is 15.4. The molecule has 0 fully saturated rings. The van der Waals surface area contributed by atoms with E-state index in [0.717, 1.165) is 16.8 Å². The van der Waals surface area contributed by atoms with E-state index in [9.17, 15) is 4.39 Å². The zero-order valence-corrected chi connectivity index (χ0v) is 13.7. The van der Waals surface area contributed by atoms with Crippen molar-refractivity contribution in [3.05, 3.63) is 65.4 Å². The van der Waals surface area contributed by atoms with Crippen molar-refractivity contribution < 1.29 is 4.39 Å². The number of benzene rings is 1. The Kier molecular flexibility index (Phi) is 3.76. The van der Waals surface area contributed by atoms with Gasteiger partial charge in [-0.05, 0) is 25.3 Å². The highest BCUT2D eigenvalue weighted by Gasteiger charge is 2.35. The van der Waals surface area contributed by atoms with Crippen molar-refractivity contribution in [1.29, 1.82) is 0 Å². The van der Waals surface area contributed by atoms with Gasteiger partial charge in [-0.15, -0.1) is 5.10 Å². The maximum absolute atomic E-state index is 14.5. The van der Waals surface area contributed by atoms with Crippen LogP contribution in [0.4, 0.5) is 4.39 Å². The molecule has 4 rings (SSSR count). The van der Waals surface area contributed by atoms with Crippen LogP contribution in [0.2, 0.25) is 0 Å². The van der Waals surface area contributed by atoms with Gasteiger partial charge in [0.1, 0.15) is 0 Å². The number of aromatic nitrogens is 5. The number of rotatable bonds is 4. The summed E-state index contributed by atoms with van der Waals surface area (Å²) in [7, 11) is 0. The van der Waals surface area contributed by atoms with E-state index in [4.69, 9.17) is 0 Å². The molecule has 0 saturated carbocycles. The minimum atomic E-state index is -1.13. The number of fused-ring (bicyclic) bond motifs is 1. The van der Waals surface area contributed by atoms with Gasteiger partial charge in [0.2, 0.25) is 0 Å². The lowest BCUT2D eigenvalue weighted by Crippen LogP contribution is -2.09. The van der Waals surface area contributed by atoms with Crippen LogP contribution in [0, 0.1) is 6.92 Å². The Morgan fingerprint density at radius 1 is 1.32 bits per heavy atom. The van der Waals surface area contributed by atoms with E-state index in [1.165, 1.54) is 0 Å². The highest BCUT2D eigenvalue weighted by Crippen LogP contribution is 2.39. The lowest BCUT2D eigenvalue weighted by Gasteiger charge is -2.11. The second-order valence-corrected chi connectivity index (χ2v) is 5.94. The fourth-order valence-electron chi connectivity index (χ4n) is 3.13. The Morgan fingerprint density at radius 2 is 2.12 bits per heavy atom. The molecule has 0 bridgehead atoms. The van der Waals surface area contributed by atoms with Gasteiger partial charge < -0.3 is 0 Å². The molecule has 6 nitrogen and oxygen atoms in total. The molecule has 3 heterocycles. The number of aliphatic imine (C=N–C) groups is 1. The summed E-state index contributed by atoms with van der Waals surface area (Å²) >= 11 is 0. The van der Waals surface area contributed by atoms with E-state index < -0.39 is 6.17 Å². The summed E-state index contributed by atoms with van der Waals surface area (Å²) in [5.74, 6) is 0.727. The highest BCUT2D eigenvalue weighted by molar-refractivity contribution is 5.52. The Hall–Kier alpha value is -3.09. The van der Waals surface area contributed by atoms with Crippen molar-refractivity contribution in [3.8, 4) is 5.95 Å². The lowest BCUT2D eigenvalue weighted by atomic mass is 10.0. The van der Waals surface area contributed by atoms with E-state index >= 15 is 0 Å². The first-order valence-corrected chi connectivity index (χ1v) is 8.02. The largest absolute Gasteiger partial charge is 0.272 e. The molecule has 3 aromatic rings. The molecule has 0 saturated heterocycles. The first-order valence-electron chi connectivity index (χ1n) is 8.02. The van der Waals surface area contributed by atoms with Gasteiger partial charge in [-0.2, -0.15) is 10.1 Å². The molecule has 2 atom stereocenters. The van der Waals surface area contributed by atoms with Crippen molar-refractivity contribution in [2.75, 3.05) is 0 Å². The molecule has 0 radical (unpaired) electrons. The molecule has 7 heteroatoms. The van der Waals surface area contributed by atoms with E-state index in [-0.39, 0.29) is 6.04 Å². The molecular formula is C18H17FN6. The molecule has 0 spiro atoms. The number of hydrogen-bond acceptors (Lipinski definition) is 4. The zero-order valence-electron chi connectivity index (χ0n) is 13.7. The maximum atomic E-state index is 14.5. The average Bonchev–Trinajstić information content (AvgIpc) is 3.29. The van der Waals surface area contributed by atoms with Gasteiger partial charge in [-0.25, -0.2) is 13.8 Å². The van der Waals surface area contributed by atoms with Gasteiger partial charge in [0.15, 0.2) is 12.0 Å². The summed E-state index contributed by atoms with van der Waals surface area (Å²) in [6.45, 7) is 5.32. The predicted molar refractivity (Wildman–Crippen MR) is 93.5 cm³/mol. The molecular weight excluding hydrogens is 319 g/mol. The first-order chi connectivity index (χ1) is 12.2. The minimum absolute atomic E-state index is 0.146. The topological polar surface area (TPSA) is 60.9 Å². The van der Waals surface area contributed by atoms with Gasteiger partial charge >= 0.3 is 0 Å². The summed E-state index contributed by atoms with van der Waals surface area (Å²) in [5.41, 5.74) is 2.77. The maximum Gasteiger partial charge on any atom is 0.270 e. The summed E-state index contributed by atoms with van der Waals surface area (Å²) in [5, 5.41) is 8.85. The SMILES string of the molecule is C=N/C=C\c1cnn(-c2nc3n(n2)[C@H](c2ccccc2)C[C@@H]3F)c1C. The second-order valence-electron chi connectivity index (χ2n) is 5.94. The molecule has 0 aliphatic carbocycles. The normalized spacial score (nSPS) is 19.4. The molecule has 126 valence electrons. The second kappa shape index (κ2) is 6.08. The Labute approximate surface area is 144 Å². The highest BCUT2D eigenvalue weighted by atomic mass is 19.1. The molecule has 1 aliphatic rings. The average molecular weight is 336 g/mol. The molecule has 1 aliphatic heterocycles. The molecule has 1 aromatic carbocycles. The summed E-state index contributed by atoms with van der Waals surface area (Å²) in [4.78, 5) is 8.09. The molecule has 0 unspecified atom stereocenters. The third-order valence-electron chi connectivity index (χ3n) is 4.43. The number of alkyl halides is 1. The minimum Gasteiger partial charge on any atom is -0.272 e. The smallest absolute Gasteiger partial charge is 0.270 e. The Bertz CT molecular complexity index is 940. The lowest BCUT2D eigenvalue weighted by molar-refractivity contribution is 0.328.